The van der Waals surface area contributed by atoms with E-state index in [4.69, 9.17) is 14.2 Å². The van der Waals surface area contributed by atoms with Gasteiger partial charge in [-0.25, -0.2) is 9.59 Å². The number of phenols is 1. The molecule has 3 rings (SSSR count). The number of benzene rings is 2. The van der Waals surface area contributed by atoms with Gasteiger partial charge in [0.25, 0.3) is 5.69 Å². The van der Waals surface area contributed by atoms with E-state index in [9.17, 15) is 24.8 Å². The number of methoxy groups -OCH3 is 1. The summed E-state index contributed by atoms with van der Waals surface area (Å²) in [7, 11) is 1.12. The maximum atomic E-state index is 13.1. The molecule has 0 unspecified atom stereocenters. The Balaban J connectivity index is 2.06. The Labute approximate surface area is 184 Å². The number of morpholine rings is 1. The van der Waals surface area contributed by atoms with Crippen LogP contribution in [-0.4, -0.2) is 73.4 Å². The molecule has 10 heteroatoms. The Kier molecular flexibility index (Phi) is 7.39. The third kappa shape index (κ3) is 4.87. The van der Waals surface area contributed by atoms with E-state index in [1.165, 1.54) is 30.3 Å². The fourth-order valence-corrected chi connectivity index (χ4v) is 3.65. The van der Waals surface area contributed by atoms with Gasteiger partial charge in [0.05, 0.1) is 36.4 Å². The molecule has 0 bridgehead atoms. The van der Waals surface area contributed by atoms with Crippen molar-refractivity contribution in [2.75, 3.05) is 46.6 Å². The Bertz CT molecular complexity index is 1030. The first-order chi connectivity index (χ1) is 15.3. The lowest BCUT2D eigenvalue weighted by Crippen LogP contribution is -2.38. The van der Waals surface area contributed by atoms with Crippen molar-refractivity contribution in [2.24, 2.45) is 0 Å². The first kappa shape index (κ1) is 23.2. The number of ether oxygens (including phenoxy) is 3. The van der Waals surface area contributed by atoms with E-state index in [1.54, 1.807) is 6.92 Å². The second-order valence-electron chi connectivity index (χ2n) is 7.19. The summed E-state index contributed by atoms with van der Waals surface area (Å²) >= 11 is 0. The smallest absolute Gasteiger partial charge is 0.342 e. The Morgan fingerprint density at radius 2 is 1.88 bits per heavy atom. The lowest BCUT2D eigenvalue weighted by atomic mass is 9.89. The van der Waals surface area contributed by atoms with E-state index >= 15 is 0 Å². The van der Waals surface area contributed by atoms with Crippen LogP contribution in [0.5, 0.6) is 5.75 Å². The zero-order valence-corrected chi connectivity index (χ0v) is 17.8. The second-order valence-corrected chi connectivity index (χ2v) is 7.19. The molecule has 2 aromatic carbocycles. The van der Waals surface area contributed by atoms with Crippen LogP contribution in [0.25, 0.3) is 11.1 Å². The molecular formula is C22H24N2O8. The number of phenolic OH excluding ortho intramolecular Hbond substituents is 1. The number of rotatable bonds is 7. The van der Waals surface area contributed by atoms with Gasteiger partial charge in [0, 0.05) is 31.3 Å². The summed E-state index contributed by atoms with van der Waals surface area (Å²) < 4.78 is 15.5. The Morgan fingerprint density at radius 3 is 2.53 bits per heavy atom. The number of nitrogens with zero attached hydrogens (tertiary/aromatic N) is 2. The van der Waals surface area contributed by atoms with Gasteiger partial charge in [0.15, 0.2) is 0 Å². The molecule has 1 N–H and O–H groups in total. The molecule has 0 saturated carbocycles. The summed E-state index contributed by atoms with van der Waals surface area (Å²) in [5.74, 6) is -2.14. The van der Waals surface area contributed by atoms with Crippen LogP contribution in [0.15, 0.2) is 30.3 Å². The standard InChI is InChI=1S/C22H24N2O8/c1-14-13-17(25)20(21(26)30-2)19(15-5-3-4-6-16(15)24(28)29)18(14)22(27)32-12-9-23-7-10-31-11-8-23/h3-6,13,25H,7-12H2,1-2H3. The van der Waals surface area contributed by atoms with Gasteiger partial charge in [-0.2, -0.15) is 0 Å². The molecule has 2 aromatic rings. The molecule has 32 heavy (non-hydrogen) atoms. The van der Waals surface area contributed by atoms with Crippen molar-refractivity contribution < 1.29 is 33.8 Å². The van der Waals surface area contributed by atoms with Crippen molar-refractivity contribution >= 4 is 17.6 Å². The van der Waals surface area contributed by atoms with Crippen LogP contribution < -0.4 is 0 Å². The Hall–Kier alpha value is -3.50. The highest BCUT2D eigenvalue weighted by Gasteiger charge is 2.31. The van der Waals surface area contributed by atoms with E-state index in [2.05, 4.69) is 4.90 Å². The van der Waals surface area contributed by atoms with Crippen molar-refractivity contribution in [3.8, 4) is 16.9 Å². The van der Waals surface area contributed by atoms with E-state index in [-0.39, 0.29) is 34.5 Å². The summed E-state index contributed by atoms with van der Waals surface area (Å²) in [5.41, 5.74) is -0.508. The number of aromatic hydroxyl groups is 1. The quantitative estimate of drug-likeness (QED) is 0.389. The third-order valence-corrected chi connectivity index (χ3v) is 5.21. The number of para-hydroxylation sites is 1. The largest absolute Gasteiger partial charge is 0.507 e. The van der Waals surface area contributed by atoms with Crippen molar-refractivity contribution in [2.45, 2.75) is 6.92 Å². The van der Waals surface area contributed by atoms with Crippen LogP contribution in [0.4, 0.5) is 5.69 Å². The third-order valence-electron chi connectivity index (χ3n) is 5.21. The van der Waals surface area contributed by atoms with Crippen LogP contribution in [-0.2, 0) is 14.2 Å². The lowest BCUT2D eigenvalue weighted by molar-refractivity contribution is -0.384. The molecule has 170 valence electrons. The number of hydrogen-bond acceptors (Lipinski definition) is 9. The monoisotopic (exact) mass is 444 g/mol. The van der Waals surface area contributed by atoms with Crippen LogP contribution in [0.3, 0.4) is 0 Å². The van der Waals surface area contributed by atoms with Gasteiger partial charge < -0.3 is 19.3 Å². The minimum Gasteiger partial charge on any atom is -0.507 e. The molecule has 1 fully saturated rings. The summed E-state index contributed by atoms with van der Waals surface area (Å²) in [6, 6.07) is 6.90. The van der Waals surface area contributed by atoms with Crippen molar-refractivity contribution in [3.05, 3.63) is 57.1 Å². The summed E-state index contributed by atoms with van der Waals surface area (Å²) in [6.07, 6.45) is 0. The van der Waals surface area contributed by atoms with Crippen molar-refractivity contribution in [1.82, 2.24) is 4.90 Å². The molecule has 0 aliphatic carbocycles. The number of hydrogen-bond donors (Lipinski definition) is 1. The normalized spacial score (nSPS) is 14.1. The predicted octanol–water partition coefficient (Wildman–Crippen LogP) is 2.55. The molecule has 0 radical (unpaired) electrons. The first-order valence-electron chi connectivity index (χ1n) is 10.0. The zero-order chi connectivity index (χ0) is 23.3. The topological polar surface area (TPSA) is 128 Å². The van der Waals surface area contributed by atoms with Crippen LogP contribution in [0.2, 0.25) is 0 Å². The van der Waals surface area contributed by atoms with Crippen LogP contribution in [0, 0.1) is 17.0 Å². The van der Waals surface area contributed by atoms with E-state index in [0.717, 1.165) is 20.2 Å². The van der Waals surface area contributed by atoms with Gasteiger partial charge >= 0.3 is 11.9 Å². The zero-order valence-electron chi connectivity index (χ0n) is 17.8. The fraction of sp³-hybridized carbons (Fsp3) is 0.364. The van der Waals surface area contributed by atoms with Gasteiger partial charge in [-0.1, -0.05) is 12.1 Å². The average Bonchev–Trinajstić information content (AvgIpc) is 2.78. The minimum atomic E-state index is -0.932. The van der Waals surface area contributed by atoms with Gasteiger partial charge in [-0.3, -0.25) is 15.0 Å². The number of esters is 2. The van der Waals surface area contributed by atoms with E-state index in [1.807, 2.05) is 0 Å². The average molecular weight is 444 g/mol. The number of nitro benzene ring substituents is 1. The number of nitro groups is 1. The number of aryl methyl sites for hydroxylation is 1. The first-order valence-corrected chi connectivity index (χ1v) is 10.0. The summed E-state index contributed by atoms with van der Waals surface area (Å²) in [4.78, 5) is 38.7. The van der Waals surface area contributed by atoms with Crippen molar-refractivity contribution in [3.63, 3.8) is 0 Å². The summed E-state index contributed by atoms with van der Waals surface area (Å²) in [6.45, 7) is 4.80. The second kappa shape index (κ2) is 10.2. The SMILES string of the molecule is COC(=O)c1c(O)cc(C)c(C(=O)OCCN2CCOCC2)c1-c1ccccc1[N+](=O)[O-]. The highest BCUT2D eigenvalue weighted by molar-refractivity contribution is 6.09. The number of carbonyl (C=O) groups is 2. The molecule has 0 spiro atoms. The molecule has 1 saturated heterocycles. The maximum Gasteiger partial charge on any atom is 0.342 e. The molecular weight excluding hydrogens is 420 g/mol. The van der Waals surface area contributed by atoms with Gasteiger partial charge in [-0.15, -0.1) is 0 Å². The fourth-order valence-electron chi connectivity index (χ4n) is 3.65. The molecule has 0 aromatic heterocycles. The van der Waals surface area contributed by atoms with Crippen LogP contribution in [0.1, 0.15) is 26.3 Å². The molecule has 1 aliphatic heterocycles. The van der Waals surface area contributed by atoms with Gasteiger partial charge in [0.2, 0.25) is 0 Å². The van der Waals surface area contributed by atoms with Crippen molar-refractivity contribution in [1.29, 1.82) is 0 Å². The molecule has 1 heterocycles. The van der Waals surface area contributed by atoms with Crippen LogP contribution >= 0.6 is 0 Å². The number of carbonyl (C=O) groups excluding carboxylic acids is 2. The Morgan fingerprint density at radius 1 is 1.19 bits per heavy atom. The van der Waals surface area contributed by atoms with E-state index < -0.39 is 22.6 Å². The van der Waals surface area contributed by atoms with Gasteiger partial charge in [-0.05, 0) is 24.6 Å². The molecule has 0 atom stereocenters. The molecule has 1 aliphatic rings. The summed E-state index contributed by atoms with van der Waals surface area (Å²) in [5, 5.41) is 22.1. The predicted molar refractivity (Wildman–Crippen MR) is 114 cm³/mol. The highest BCUT2D eigenvalue weighted by atomic mass is 16.6. The van der Waals surface area contributed by atoms with E-state index in [0.29, 0.717) is 25.3 Å². The van der Waals surface area contributed by atoms with Gasteiger partial charge in [0.1, 0.15) is 17.9 Å². The lowest BCUT2D eigenvalue weighted by Gasteiger charge is -2.26. The highest BCUT2D eigenvalue weighted by Crippen LogP contribution is 2.40. The maximum absolute atomic E-state index is 13.1. The molecule has 0 amide bonds. The molecule has 10 nitrogen and oxygen atoms in total. The minimum absolute atomic E-state index is 0.00275.